The summed E-state index contributed by atoms with van der Waals surface area (Å²) in [6.45, 7) is 0. The van der Waals surface area contributed by atoms with Crippen molar-refractivity contribution >= 4 is 28.2 Å². The van der Waals surface area contributed by atoms with Crippen LogP contribution in [-0.2, 0) is 0 Å². The number of nitrogens with zero attached hydrogens (tertiary/aromatic N) is 1. The normalized spacial score (nSPS) is 13.9. The number of aromatic carboxylic acids is 1. The van der Waals surface area contributed by atoms with Crippen LogP contribution in [0.25, 0.3) is 10.8 Å². The predicted octanol–water partition coefficient (Wildman–Crippen LogP) is 4.55. The van der Waals surface area contributed by atoms with E-state index in [0.29, 0.717) is 11.7 Å². The van der Waals surface area contributed by atoms with Crippen LogP contribution < -0.4 is 5.32 Å². The van der Waals surface area contributed by atoms with Gasteiger partial charge in [0.25, 0.3) is 0 Å². The summed E-state index contributed by atoms with van der Waals surface area (Å²) < 4.78 is 0. The summed E-state index contributed by atoms with van der Waals surface area (Å²) in [7, 11) is 0. The van der Waals surface area contributed by atoms with Crippen LogP contribution in [0.3, 0.4) is 0 Å². The molecule has 0 atom stereocenters. The van der Waals surface area contributed by atoms with Gasteiger partial charge in [0.2, 0.25) is 0 Å². The van der Waals surface area contributed by atoms with Gasteiger partial charge in [-0.1, -0.05) is 36.4 Å². The number of carboxylic acid groups (broad SMARTS) is 1. The van der Waals surface area contributed by atoms with Gasteiger partial charge in [0.05, 0.1) is 0 Å². The lowest BCUT2D eigenvalue weighted by molar-refractivity contribution is 0.0697. The zero-order chi connectivity index (χ0) is 15.8. The van der Waals surface area contributed by atoms with Crippen molar-refractivity contribution in [2.75, 3.05) is 5.32 Å². The summed E-state index contributed by atoms with van der Waals surface area (Å²) in [6, 6.07) is 15.7. The number of aromatic nitrogens is 1. The molecule has 1 heterocycles. The topological polar surface area (TPSA) is 62.2 Å². The zero-order valence-electron chi connectivity index (χ0n) is 12.5. The lowest BCUT2D eigenvalue weighted by Crippen LogP contribution is -2.06. The van der Waals surface area contributed by atoms with Crippen LogP contribution in [0.2, 0.25) is 0 Å². The van der Waals surface area contributed by atoms with Crippen molar-refractivity contribution in [1.82, 2.24) is 4.98 Å². The molecule has 0 saturated heterocycles. The fraction of sp³-hybridized carbons (Fsp3) is 0.158. The molecule has 2 aromatic carbocycles. The Hall–Kier alpha value is -2.88. The Bertz CT molecular complexity index is 896. The Labute approximate surface area is 133 Å². The maximum atomic E-state index is 11.6. The van der Waals surface area contributed by atoms with Crippen LogP contribution in [0.15, 0.2) is 54.7 Å². The quantitative estimate of drug-likeness (QED) is 0.742. The highest BCUT2D eigenvalue weighted by molar-refractivity contribution is 5.98. The Morgan fingerprint density at radius 1 is 1.13 bits per heavy atom. The highest BCUT2D eigenvalue weighted by atomic mass is 16.4. The van der Waals surface area contributed by atoms with E-state index in [1.807, 2.05) is 42.5 Å². The van der Waals surface area contributed by atoms with Gasteiger partial charge >= 0.3 is 5.97 Å². The second-order valence-corrected chi connectivity index (χ2v) is 5.90. The molecule has 4 heteroatoms. The molecule has 0 radical (unpaired) electrons. The standard InChI is InChI=1S/C19H16N2O2/c22-19(23)16-10-14(12-8-9-12)11-20-18(16)21-17-7-3-5-13-4-1-2-6-15(13)17/h1-7,10-12H,8-9H2,(H,20,21)(H,22,23). The highest BCUT2D eigenvalue weighted by Gasteiger charge is 2.26. The molecule has 0 unspecified atom stereocenters. The number of hydrogen-bond acceptors (Lipinski definition) is 3. The van der Waals surface area contributed by atoms with Crippen molar-refractivity contribution in [3.63, 3.8) is 0 Å². The number of pyridine rings is 1. The number of benzene rings is 2. The van der Waals surface area contributed by atoms with Crippen molar-refractivity contribution in [3.05, 3.63) is 65.9 Å². The van der Waals surface area contributed by atoms with E-state index < -0.39 is 5.97 Å². The van der Waals surface area contributed by atoms with E-state index in [1.54, 1.807) is 12.3 Å². The van der Waals surface area contributed by atoms with Gasteiger partial charge in [0.15, 0.2) is 0 Å². The van der Waals surface area contributed by atoms with Crippen LogP contribution in [0.1, 0.15) is 34.7 Å². The molecule has 4 rings (SSSR count). The Morgan fingerprint density at radius 2 is 1.91 bits per heavy atom. The number of rotatable bonds is 4. The molecule has 0 spiro atoms. The van der Waals surface area contributed by atoms with Gasteiger partial charge in [-0.3, -0.25) is 0 Å². The summed E-state index contributed by atoms with van der Waals surface area (Å²) in [6.07, 6.45) is 4.03. The number of anilines is 2. The molecule has 1 saturated carbocycles. The molecule has 2 N–H and O–H groups in total. The Kier molecular flexibility index (Phi) is 3.23. The van der Waals surface area contributed by atoms with Crippen molar-refractivity contribution in [3.8, 4) is 0 Å². The number of nitrogens with one attached hydrogen (secondary N) is 1. The minimum absolute atomic E-state index is 0.224. The fourth-order valence-electron chi connectivity index (χ4n) is 2.85. The van der Waals surface area contributed by atoms with E-state index in [9.17, 15) is 9.90 Å². The van der Waals surface area contributed by atoms with Crippen LogP contribution in [0, 0.1) is 0 Å². The fourth-order valence-corrected chi connectivity index (χ4v) is 2.85. The number of carboxylic acids is 1. The summed E-state index contributed by atoms with van der Waals surface area (Å²) in [5, 5.41) is 14.8. The minimum atomic E-state index is -0.956. The lowest BCUT2D eigenvalue weighted by atomic mass is 10.1. The highest BCUT2D eigenvalue weighted by Crippen LogP contribution is 2.40. The molecule has 1 aliphatic carbocycles. The van der Waals surface area contributed by atoms with Gasteiger partial charge in [-0.25, -0.2) is 9.78 Å². The van der Waals surface area contributed by atoms with Gasteiger partial charge in [0, 0.05) is 17.3 Å². The SMILES string of the molecule is O=C(O)c1cc(C2CC2)cnc1Nc1cccc2ccccc12. The average molecular weight is 304 g/mol. The average Bonchev–Trinajstić information content (AvgIpc) is 3.40. The van der Waals surface area contributed by atoms with E-state index in [0.717, 1.165) is 34.9 Å². The van der Waals surface area contributed by atoms with Crippen LogP contribution >= 0.6 is 0 Å². The van der Waals surface area contributed by atoms with Crippen LogP contribution in [-0.4, -0.2) is 16.1 Å². The Morgan fingerprint density at radius 3 is 2.70 bits per heavy atom. The molecule has 4 nitrogen and oxygen atoms in total. The predicted molar refractivity (Wildman–Crippen MR) is 90.4 cm³/mol. The lowest BCUT2D eigenvalue weighted by Gasteiger charge is -2.12. The van der Waals surface area contributed by atoms with Crippen LogP contribution in [0.4, 0.5) is 11.5 Å². The first-order valence-corrected chi connectivity index (χ1v) is 7.70. The molecule has 0 aliphatic heterocycles. The van der Waals surface area contributed by atoms with Crippen molar-refractivity contribution < 1.29 is 9.90 Å². The molecule has 23 heavy (non-hydrogen) atoms. The summed E-state index contributed by atoms with van der Waals surface area (Å²) in [5.41, 5.74) is 2.10. The zero-order valence-corrected chi connectivity index (χ0v) is 12.5. The molecule has 1 aromatic heterocycles. The smallest absolute Gasteiger partial charge is 0.339 e. The van der Waals surface area contributed by atoms with Crippen molar-refractivity contribution in [1.29, 1.82) is 0 Å². The molecular formula is C19H16N2O2. The number of fused-ring (bicyclic) bond motifs is 1. The third kappa shape index (κ3) is 2.63. The van der Waals surface area contributed by atoms with Gasteiger partial charge in [0.1, 0.15) is 11.4 Å². The molecule has 1 aliphatic rings. The largest absolute Gasteiger partial charge is 0.478 e. The second-order valence-electron chi connectivity index (χ2n) is 5.90. The maximum Gasteiger partial charge on any atom is 0.339 e. The van der Waals surface area contributed by atoms with E-state index >= 15 is 0 Å². The molecular weight excluding hydrogens is 288 g/mol. The van der Waals surface area contributed by atoms with E-state index in [2.05, 4.69) is 10.3 Å². The number of carbonyl (C=O) groups is 1. The third-order valence-corrected chi connectivity index (χ3v) is 4.23. The third-order valence-electron chi connectivity index (χ3n) is 4.23. The first-order valence-electron chi connectivity index (χ1n) is 7.70. The Balaban J connectivity index is 1.76. The minimum Gasteiger partial charge on any atom is -0.478 e. The monoisotopic (exact) mass is 304 g/mol. The molecule has 1 fully saturated rings. The van der Waals surface area contributed by atoms with Crippen molar-refractivity contribution in [2.24, 2.45) is 0 Å². The maximum absolute atomic E-state index is 11.6. The van der Waals surface area contributed by atoms with E-state index in [-0.39, 0.29) is 5.56 Å². The van der Waals surface area contributed by atoms with E-state index in [4.69, 9.17) is 0 Å². The molecule has 0 bridgehead atoms. The van der Waals surface area contributed by atoms with Gasteiger partial charge in [-0.05, 0) is 41.8 Å². The summed E-state index contributed by atoms with van der Waals surface area (Å²) in [4.78, 5) is 16.0. The molecule has 3 aromatic rings. The molecule has 0 amide bonds. The number of hydrogen-bond donors (Lipinski definition) is 2. The second kappa shape index (κ2) is 5.39. The first kappa shape index (κ1) is 13.8. The van der Waals surface area contributed by atoms with Gasteiger partial charge in [-0.15, -0.1) is 0 Å². The van der Waals surface area contributed by atoms with Crippen LogP contribution in [0.5, 0.6) is 0 Å². The summed E-state index contributed by atoms with van der Waals surface area (Å²) in [5.74, 6) is -0.0896. The van der Waals surface area contributed by atoms with Crippen molar-refractivity contribution in [2.45, 2.75) is 18.8 Å². The summed E-state index contributed by atoms with van der Waals surface area (Å²) >= 11 is 0. The van der Waals surface area contributed by atoms with Gasteiger partial charge in [-0.2, -0.15) is 0 Å². The first-order chi connectivity index (χ1) is 11.2. The molecule has 114 valence electrons. The van der Waals surface area contributed by atoms with Gasteiger partial charge < -0.3 is 10.4 Å². The van der Waals surface area contributed by atoms with E-state index in [1.165, 1.54) is 0 Å².